The minimum absolute atomic E-state index is 0. The van der Waals surface area contributed by atoms with Gasteiger partial charge >= 0.3 is 0 Å². The zero-order valence-corrected chi connectivity index (χ0v) is 13.7. The lowest BCUT2D eigenvalue weighted by molar-refractivity contribution is -0.126. The lowest BCUT2D eigenvalue weighted by Gasteiger charge is -2.13. The fraction of sp³-hybridized carbons (Fsp3) is 0.312. The molecule has 128 valence electrons. The highest BCUT2D eigenvalue weighted by molar-refractivity contribution is 5.94. The molecule has 1 amide bonds. The van der Waals surface area contributed by atoms with Gasteiger partial charge in [0.1, 0.15) is 11.9 Å². The molecule has 3 N–H and O–H groups in total. The molecule has 2 aromatic rings. The molecule has 8 heteroatoms. The van der Waals surface area contributed by atoms with Crippen molar-refractivity contribution in [3.8, 4) is 11.6 Å². The predicted molar refractivity (Wildman–Crippen MR) is 91.4 cm³/mol. The molecule has 1 fully saturated rings. The molecule has 0 saturated carbocycles. The minimum Gasteiger partial charge on any atom is -0.437 e. The number of hydrogen-bond acceptors (Lipinski definition) is 6. The molecule has 1 aliphatic heterocycles. The van der Waals surface area contributed by atoms with Crippen LogP contribution in [0.25, 0.3) is 0 Å². The summed E-state index contributed by atoms with van der Waals surface area (Å²) in [4.78, 5) is 20.2. The number of rotatable bonds is 5. The van der Waals surface area contributed by atoms with E-state index in [2.05, 4.69) is 15.3 Å². The molecule has 1 aromatic heterocycles. The molecule has 1 saturated heterocycles. The number of aromatic nitrogens is 2. The lowest BCUT2D eigenvalue weighted by atomic mass is 10.2. The van der Waals surface area contributed by atoms with Crippen LogP contribution in [0.3, 0.4) is 0 Å². The van der Waals surface area contributed by atoms with E-state index >= 15 is 0 Å². The predicted octanol–water partition coefficient (Wildman–Crippen LogP) is 2.14. The van der Waals surface area contributed by atoms with E-state index in [0.29, 0.717) is 30.3 Å². The van der Waals surface area contributed by atoms with Crippen LogP contribution in [0.15, 0.2) is 42.9 Å². The van der Waals surface area contributed by atoms with Gasteiger partial charge in [-0.05, 0) is 25.0 Å². The second-order valence-corrected chi connectivity index (χ2v) is 5.22. The maximum absolute atomic E-state index is 12.2. The van der Waals surface area contributed by atoms with Crippen molar-refractivity contribution in [1.82, 2.24) is 9.97 Å². The SMILES string of the molecule is Cl.NC[C@H]1CC[C@@H](C(=O)Nc2cccc(Oc3cnccn3)c2)O1. The van der Waals surface area contributed by atoms with Gasteiger partial charge in [-0.15, -0.1) is 12.4 Å². The number of carbonyl (C=O) groups is 1. The van der Waals surface area contributed by atoms with E-state index < -0.39 is 6.10 Å². The zero-order valence-electron chi connectivity index (χ0n) is 12.9. The summed E-state index contributed by atoms with van der Waals surface area (Å²) in [6, 6.07) is 7.08. The largest absolute Gasteiger partial charge is 0.437 e. The van der Waals surface area contributed by atoms with Gasteiger partial charge in [-0.2, -0.15) is 0 Å². The fourth-order valence-corrected chi connectivity index (χ4v) is 2.39. The summed E-state index contributed by atoms with van der Waals surface area (Å²) in [6.45, 7) is 0.436. The number of nitrogens with two attached hydrogens (primary N) is 1. The van der Waals surface area contributed by atoms with Crippen LogP contribution in [0, 0.1) is 0 Å². The van der Waals surface area contributed by atoms with E-state index in [1.165, 1.54) is 6.20 Å². The number of ether oxygens (including phenoxy) is 2. The number of hydrogen-bond donors (Lipinski definition) is 2. The van der Waals surface area contributed by atoms with Crippen molar-refractivity contribution in [2.45, 2.75) is 25.0 Å². The summed E-state index contributed by atoms with van der Waals surface area (Å²) in [7, 11) is 0. The standard InChI is InChI=1S/C16H18N4O3.ClH/c17-9-13-4-5-14(22-13)16(21)20-11-2-1-3-12(8-11)23-15-10-18-6-7-19-15;/h1-3,6-8,10,13-14H,4-5,9,17H2,(H,20,21);1H/t13-,14+;/m1./s1. The topological polar surface area (TPSA) is 99.4 Å². The van der Waals surface area contributed by atoms with Gasteiger partial charge in [0.2, 0.25) is 5.88 Å². The van der Waals surface area contributed by atoms with E-state index in [1.807, 2.05) is 0 Å². The van der Waals surface area contributed by atoms with E-state index in [1.54, 1.807) is 36.7 Å². The molecule has 2 atom stereocenters. The molecule has 1 aromatic carbocycles. The van der Waals surface area contributed by atoms with E-state index in [0.717, 1.165) is 6.42 Å². The van der Waals surface area contributed by atoms with Gasteiger partial charge in [-0.25, -0.2) is 4.98 Å². The van der Waals surface area contributed by atoms with Gasteiger partial charge in [-0.3, -0.25) is 9.78 Å². The highest BCUT2D eigenvalue weighted by atomic mass is 35.5. The van der Waals surface area contributed by atoms with Crippen molar-refractivity contribution >= 4 is 24.0 Å². The molecule has 2 heterocycles. The highest BCUT2D eigenvalue weighted by Gasteiger charge is 2.29. The van der Waals surface area contributed by atoms with Crippen LogP contribution in [0.1, 0.15) is 12.8 Å². The van der Waals surface area contributed by atoms with Crippen molar-refractivity contribution < 1.29 is 14.3 Å². The average Bonchev–Trinajstić information content (AvgIpc) is 3.05. The number of amides is 1. The van der Waals surface area contributed by atoms with Crippen molar-refractivity contribution in [2.24, 2.45) is 5.73 Å². The second kappa shape index (κ2) is 8.58. The van der Waals surface area contributed by atoms with Crippen molar-refractivity contribution in [1.29, 1.82) is 0 Å². The maximum Gasteiger partial charge on any atom is 0.253 e. The van der Waals surface area contributed by atoms with Crippen LogP contribution in [0.2, 0.25) is 0 Å². The first-order valence-electron chi connectivity index (χ1n) is 7.45. The Hall–Kier alpha value is -2.22. The average molecular weight is 351 g/mol. The first kappa shape index (κ1) is 18.1. The summed E-state index contributed by atoms with van der Waals surface area (Å²) in [5.41, 5.74) is 6.19. The summed E-state index contributed by atoms with van der Waals surface area (Å²) in [5.74, 6) is 0.786. The Morgan fingerprint density at radius 2 is 2.25 bits per heavy atom. The number of anilines is 1. The Bertz CT molecular complexity index is 671. The smallest absolute Gasteiger partial charge is 0.253 e. The molecule has 0 spiro atoms. The van der Waals surface area contributed by atoms with Crippen LogP contribution in [-0.2, 0) is 9.53 Å². The molecule has 0 aliphatic carbocycles. The Morgan fingerprint density at radius 1 is 1.38 bits per heavy atom. The van der Waals surface area contributed by atoms with Crippen molar-refractivity contribution in [2.75, 3.05) is 11.9 Å². The normalized spacial score (nSPS) is 19.4. The highest BCUT2D eigenvalue weighted by Crippen LogP contribution is 2.24. The van der Waals surface area contributed by atoms with Gasteiger partial charge in [0, 0.05) is 30.7 Å². The summed E-state index contributed by atoms with van der Waals surface area (Å²) < 4.78 is 11.2. The van der Waals surface area contributed by atoms with Crippen LogP contribution < -0.4 is 15.8 Å². The molecular weight excluding hydrogens is 332 g/mol. The number of benzene rings is 1. The third kappa shape index (κ3) is 4.64. The maximum atomic E-state index is 12.2. The number of nitrogens with one attached hydrogen (secondary N) is 1. The van der Waals surface area contributed by atoms with Crippen LogP contribution in [0.4, 0.5) is 5.69 Å². The summed E-state index contributed by atoms with van der Waals surface area (Å²) in [5, 5.41) is 2.83. The third-order valence-electron chi connectivity index (χ3n) is 3.53. The quantitative estimate of drug-likeness (QED) is 0.857. The number of halogens is 1. The van der Waals surface area contributed by atoms with E-state index in [4.69, 9.17) is 15.2 Å². The number of carbonyl (C=O) groups excluding carboxylic acids is 1. The Balaban J connectivity index is 0.00000208. The Labute approximate surface area is 146 Å². The zero-order chi connectivity index (χ0) is 16.1. The van der Waals surface area contributed by atoms with Crippen LogP contribution in [0.5, 0.6) is 11.6 Å². The fourth-order valence-electron chi connectivity index (χ4n) is 2.39. The summed E-state index contributed by atoms with van der Waals surface area (Å²) >= 11 is 0. The molecule has 7 nitrogen and oxygen atoms in total. The van der Waals surface area contributed by atoms with Gasteiger partial charge < -0.3 is 20.5 Å². The van der Waals surface area contributed by atoms with Crippen LogP contribution >= 0.6 is 12.4 Å². The van der Waals surface area contributed by atoms with Gasteiger partial charge in [0.15, 0.2) is 0 Å². The third-order valence-corrected chi connectivity index (χ3v) is 3.53. The minimum atomic E-state index is -0.451. The molecule has 0 radical (unpaired) electrons. The molecule has 3 rings (SSSR count). The molecular formula is C16H19ClN4O3. The Kier molecular flexibility index (Phi) is 6.48. The Morgan fingerprint density at radius 3 is 2.96 bits per heavy atom. The first-order valence-corrected chi connectivity index (χ1v) is 7.45. The van der Waals surface area contributed by atoms with Crippen LogP contribution in [-0.4, -0.2) is 34.6 Å². The first-order chi connectivity index (χ1) is 11.2. The molecule has 0 bridgehead atoms. The summed E-state index contributed by atoms with van der Waals surface area (Å²) in [6.07, 6.45) is 5.65. The monoisotopic (exact) mass is 350 g/mol. The lowest BCUT2D eigenvalue weighted by Crippen LogP contribution is -2.29. The number of nitrogens with zero attached hydrogens (tertiary/aromatic N) is 2. The van der Waals surface area contributed by atoms with Crippen molar-refractivity contribution in [3.05, 3.63) is 42.9 Å². The second-order valence-electron chi connectivity index (χ2n) is 5.22. The van der Waals surface area contributed by atoms with Crippen molar-refractivity contribution in [3.63, 3.8) is 0 Å². The molecule has 1 aliphatic rings. The van der Waals surface area contributed by atoms with E-state index in [-0.39, 0.29) is 24.4 Å². The van der Waals surface area contributed by atoms with E-state index in [9.17, 15) is 4.79 Å². The molecule has 0 unspecified atom stereocenters. The van der Waals surface area contributed by atoms with Gasteiger partial charge in [0.25, 0.3) is 5.91 Å². The molecule has 24 heavy (non-hydrogen) atoms. The van der Waals surface area contributed by atoms with Gasteiger partial charge in [0.05, 0.1) is 12.3 Å². The van der Waals surface area contributed by atoms with Gasteiger partial charge in [-0.1, -0.05) is 6.07 Å².